The van der Waals surface area contributed by atoms with Crippen LogP contribution in [0.5, 0.6) is 5.75 Å². The minimum Gasteiger partial charge on any atom is -0.489 e. The molecule has 0 radical (unpaired) electrons. The first-order chi connectivity index (χ1) is 7.77. The van der Waals surface area contributed by atoms with Gasteiger partial charge in [0.15, 0.2) is 0 Å². The molecule has 0 saturated carbocycles. The molecule has 0 aliphatic rings. The minimum atomic E-state index is 0.222. The third-order valence-electron chi connectivity index (χ3n) is 2.54. The van der Waals surface area contributed by atoms with Gasteiger partial charge in [0.05, 0.1) is 0 Å². The molecule has 1 rings (SSSR count). The normalized spacial score (nSPS) is 12.4. The standard InChI is InChI=1S/C14H23NO/c1-4-10-15-11-12(3)16-14-9-7-6-8-13(14)5-2/h6-9,12,15H,4-5,10-11H2,1-3H3. The molecule has 1 aromatic carbocycles. The van der Waals surface area contributed by atoms with Gasteiger partial charge in [-0.2, -0.15) is 0 Å². The maximum atomic E-state index is 5.92. The number of benzene rings is 1. The molecule has 1 N–H and O–H groups in total. The lowest BCUT2D eigenvalue weighted by atomic mass is 10.1. The first kappa shape index (κ1) is 13.0. The van der Waals surface area contributed by atoms with Crippen LogP contribution in [0.4, 0.5) is 0 Å². The summed E-state index contributed by atoms with van der Waals surface area (Å²) in [5.74, 6) is 1.02. The maximum absolute atomic E-state index is 5.92. The molecule has 0 amide bonds. The number of ether oxygens (including phenoxy) is 1. The van der Waals surface area contributed by atoms with Crippen molar-refractivity contribution >= 4 is 0 Å². The van der Waals surface area contributed by atoms with Gasteiger partial charge in [-0.3, -0.25) is 0 Å². The summed E-state index contributed by atoms with van der Waals surface area (Å²) in [6.07, 6.45) is 2.41. The predicted octanol–water partition coefficient (Wildman–Crippen LogP) is 3.02. The average Bonchev–Trinajstić information content (AvgIpc) is 2.30. The highest BCUT2D eigenvalue weighted by molar-refractivity contribution is 5.33. The summed E-state index contributed by atoms with van der Waals surface area (Å²) in [7, 11) is 0. The molecule has 0 spiro atoms. The van der Waals surface area contributed by atoms with E-state index in [0.717, 1.165) is 31.7 Å². The topological polar surface area (TPSA) is 21.3 Å². The Morgan fingerprint density at radius 1 is 1.25 bits per heavy atom. The number of nitrogens with one attached hydrogen (secondary N) is 1. The first-order valence-electron chi connectivity index (χ1n) is 6.23. The van der Waals surface area contributed by atoms with Crippen LogP contribution in [-0.4, -0.2) is 19.2 Å². The summed E-state index contributed by atoms with van der Waals surface area (Å²) in [5.41, 5.74) is 1.28. The van der Waals surface area contributed by atoms with Crippen molar-refractivity contribution in [2.45, 2.75) is 39.7 Å². The Kier molecular flexibility index (Phi) is 5.94. The van der Waals surface area contributed by atoms with E-state index in [1.54, 1.807) is 0 Å². The van der Waals surface area contributed by atoms with Crippen LogP contribution in [-0.2, 0) is 6.42 Å². The van der Waals surface area contributed by atoms with E-state index in [-0.39, 0.29) is 6.10 Å². The number of hydrogen-bond acceptors (Lipinski definition) is 2. The van der Waals surface area contributed by atoms with Crippen molar-refractivity contribution in [3.05, 3.63) is 29.8 Å². The lowest BCUT2D eigenvalue weighted by molar-refractivity contribution is 0.215. The monoisotopic (exact) mass is 221 g/mol. The number of hydrogen-bond donors (Lipinski definition) is 1. The molecule has 0 aromatic heterocycles. The first-order valence-corrected chi connectivity index (χ1v) is 6.23. The van der Waals surface area contributed by atoms with E-state index in [9.17, 15) is 0 Å². The van der Waals surface area contributed by atoms with Crippen molar-refractivity contribution in [2.75, 3.05) is 13.1 Å². The molecular formula is C14H23NO. The molecule has 1 atom stereocenters. The van der Waals surface area contributed by atoms with Gasteiger partial charge in [-0.15, -0.1) is 0 Å². The van der Waals surface area contributed by atoms with Gasteiger partial charge in [0, 0.05) is 6.54 Å². The zero-order chi connectivity index (χ0) is 11.8. The summed E-state index contributed by atoms with van der Waals surface area (Å²) < 4.78 is 5.92. The summed E-state index contributed by atoms with van der Waals surface area (Å²) in [6, 6.07) is 8.27. The van der Waals surface area contributed by atoms with Gasteiger partial charge in [-0.05, 0) is 37.9 Å². The molecule has 2 heteroatoms. The summed E-state index contributed by atoms with van der Waals surface area (Å²) in [4.78, 5) is 0. The van der Waals surface area contributed by atoms with Gasteiger partial charge in [0.1, 0.15) is 11.9 Å². The van der Waals surface area contributed by atoms with Crippen LogP contribution in [0.15, 0.2) is 24.3 Å². The van der Waals surface area contributed by atoms with E-state index < -0.39 is 0 Å². The fourth-order valence-electron chi connectivity index (χ4n) is 1.65. The van der Waals surface area contributed by atoms with Gasteiger partial charge in [-0.1, -0.05) is 32.0 Å². The Hall–Kier alpha value is -1.02. The van der Waals surface area contributed by atoms with Gasteiger partial charge < -0.3 is 10.1 Å². The average molecular weight is 221 g/mol. The number of para-hydroxylation sites is 1. The van der Waals surface area contributed by atoms with Gasteiger partial charge in [0.25, 0.3) is 0 Å². The lowest BCUT2D eigenvalue weighted by Crippen LogP contribution is -2.29. The SMILES string of the molecule is CCCNCC(C)Oc1ccccc1CC. The highest BCUT2D eigenvalue weighted by atomic mass is 16.5. The van der Waals surface area contributed by atoms with E-state index in [2.05, 4.69) is 44.3 Å². The summed E-state index contributed by atoms with van der Waals surface area (Å²) in [6.45, 7) is 8.40. The van der Waals surface area contributed by atoms with Crippen molar-refractivity contribution in [1.82, 2.24) is 5.32 Å². The van der Waals surface area contributed by atoms with E-state index in [4.69, 9.17) is 4.74 Å². The minimum absolute atomic E-state index is 0.222. The molecule has 0 heterocycles. The third kappa shape index (κ3) is 4.23. The largest absolute Gasteiger partial charge is 0.489 e. The molecule has 2 nitrogen and oxygen atoms in total. The maximum Gasteiger partial charge on any atom is 0.122 e. The van der Waals surface area contributed by atoms with Crippen molar-refractivity contribution in [1.29, 1.82) is 0 Å². The van der Waals surface area contributed by atoms with Crippen molar-refractivity contribution in [3.8, 4) is 5.75 Å². The molecule has 0 bridgehead atoms. The van der Waals surface area contributed by atoms with Crippen LogP contribution in [0.1, 0.15) is 32.8 Å². The van der Waals surface area contributed by atoms with E-state index in [1.165, 1.54) is 5.56 Å². The van der Waals surface area contributed by atoms with Crippen molar-refractivity contribution in [3.63, 3.8) is 0 Å². The molecule has 0 aliphatic carbocycles. The predicted molar refractivity (Wildman–Crippen MR) is 69.1 cm³/mol. The van der Waals surface area contributed by atoms with Gasteiger partial charge >= 0.3 is 0 Å². The molecular weight excluding hydrogens is 198 g/mol. The van der Waals surface area contributed by atoms with Crippen molar-refractivity contribution in [2.24, 2.45) is 0 Å². The Morgan fingerprint density at radius 2 is 2.00 bits per heavy atom. The highest BCUT2D eigenvalue weighted by Gasteiger charge is 2.06. The van der Waals surface area contributed by atoms with Crippen LogP contribution in [0, 0.1) is 0 Å². The number of aryl methyl sites for hydroxylation is 1. The number of rotatable bonds is 7. The molecule has 0 aliphatic heterocycles. The Bertz CT molecular complexity index is 299. The zero-order valence-corrected chi connectivity index (χ0v) is 10.6. The van der Waals surface area contributed by atoms with Crippen LogP contribution in [0.3, 0.4) is 0 Å². The van der Waals surface area contributed by atoms with Crippen LogP contribution in [0.25, 0.3) is 0 Å². The van der Waals surface area contributed by atoms with E-state index >= 15 is 0 Å². The fraction of sp³-hybridized carbons (Fsp3) is 0.571. The molecule has 16 heavy (non-hydrogen) atoms. The van der Waals surface area contributed by atoms with Gasteiger partial charge in [-0.25, -0.2) is 0 Å². The zero-order valence-electron chi connectivity index (χ0n) is 10.6. The van der Waals surface area contributed by atoms with Gasteiger partial charge in [0.2, 0.25) is 0 Å². The second-order valence-corrected chi connectivity index (χ2v) is 4.09. The van der Waals surface area contributed by atoms with E-state index in [1.807, 2.05) is 6.07 Å². The second kappa shape index (κ2) is 7.29. The molecule has 90 valence electrons. The Morgan fingerprint density at radius 3 is 2.69 bits per heavy atom. The second-order valence-electron chi connectivity index (χ2n) is 4.09. The Labute approximate surface area is 99.0 Å². The van der Waals surface area contributed by atoms with Crippen LogP contribution in [0.2, 0.25) is 0 Å². The fourth-order valence-corrected chi connectivity index (χ4v) is 1.65. The lowest BCUT2D eigenvalue weighted by Gasteiger charge is -2.17. The highest BCUT2D eigenvalue weighted by Crippen LogP contribution is 2.19. The molecule has 1 unspecified atom stereocenters. The molecule has 0 saturated heterocycles. The molecule has 1 aromatic rings. The third-order valence-corrected chi connectivity index (χ3v) is 2.54. The summed E-state index contributed by atoms with van der Waals surface area (Å²) in [5, 5.41) is 3.37. The van der Waals surface area contributed by atoms with E-state index in [0.29, 0.717) is 0 Å². The smallest absolute Gasteiger partial charge is 0.122 e. The Balaban J connectivity index is 2.45. The molecule has 0 fully saturated rings. The quantitative estimate of drug-likeness (QED) is 0.715. The van der Waals surface area contributed by atoms with Crippen LogP contribution < -0.4 is 10.1 Å². The summed E-state index contributed by atoms with van der Waals surface area (Å²) >= 11 is 0. The van der Waals surface area contributed by atoms with Crippen LogP contribution >= 0.6 is 0 Å². The van der Waals surface area contributed by atoms with Crippen molar-refractivity contribution < 1.29 is 4.74 Å².